The molecular weight excluding hydrogens is 446 g/mol. The molecule has 1 saturated heterocycles. The van der Waals surface area contributed by atoms with Crippen molar-refractivity contribution in [1.82, 2.24) is 4.90 Å². The first-order valence-corrected chi connectivity index (χ1v) is 13.0. The lowest BCUT2D eigenvalue weighted by Crippen LogP contribution is -2.42. The zero-order valence-corrected chi connectivity index (χ0v) is 19.1. The predicted octanol–water partition coefficient (Wildman–Crippen LogP) is 4.04. The number of nitrogens with zero attached hydrogens (tertiary/aromatic N) is 2. The van der Waals surface area contributed by atoms with E-state index in [0.717, 1.165) is 43.9 Å². The number of amides is 2. The van der Waals surface area contributed by atoms with Gasteiger partial charge >= 0.3 is 0 Å². The quantitative estimate of drug-likeness (QED) is 0.686. The lowest BCUT2D eigenvalue weighted by Gasteiger charge is -2.30. The first-order valence-electron chi connectivity index (χ1n) is 10.7. The Kier molecular flexibility index (Phi) is 6.95. The molecule has 1 heterocycles. The van der Waals surface area contributed by atoms with Crippen molar-refractivity contribution < 1.29 is 18.0 Å². The number of thioether (sulfide) groups is 1. The van der Waals surface area contributed by atoms with E-state index < -0.39 is 15.3 Å². The van der Waals surface area contributed by atoms with E-state index in [4.69, 9.17) is 0 Å². The number of para-hydroxylation sites is 1. The number of hydrogen-bond donors (Lipinski definition) is 1. The van der Waals surface area contributed by atoms with E-state index in [9.17, 15) is 18.0 Å². The molecule has 7 nitrogen and oxygen atoms in total. The van der Waals surface area contributed by atoms with Crippen LogP contribution in [0, 0.1) is 0 Å². The summed E-state index contributed by atoms with van der Waals surface area (Å²) in [5, 5.41) is 2.26. The standard InChI is InChI=1S/C23H25N3O4S2/c27-21(24-17-10-4-1-5-11-17)16-20-22(28)26(18-12-6-2-7-13-18)23(31-20)25-32(29,30)19-14-8-3-9-15-19/h1,3-5,8-11,14-15,18,20H,2,6-7,12-13,16H2,(H,24,27). The van der Waals surface area contributed by atoms with Crippen molar-refractivity contribution in [3.8, 4) is 0 Å². The Balaban J connectivity index is 1.58. The maximum atomic E-state index is 13.3. The third-order valence-electron chi connectivity index (χ3n) is 5.57. The second-order valence-corrected chi connectivity index (χ2v) is 10.7. The van der Waals surface area contributed by atoms with Crippen LogP contribution < -0.4 is 5.32 Å². The Morgan fingerprint density at radius 1 is 1.00 bits per heavy atom. The lowest BCUT2D eigenvalue weighted by molar-refractivity contribution is -0.130. The Morgan fingerprint density at radius 3 is 2.28 bits per heavy atom. The number of hydrogen-bond acceptors (Lipinski definition) is 5. The summed E-state index contributed by atoms with van der Waals surface area (Å²) >= 11 is 1.07. The van der Waals surface area contributed by atoms with Crippen molar-refractivity contribution in [2.45, 2.75) is 54.7 Å². The Bertz CT molecular complexity index is 1100. The van der Waals surface area contributed by atoms with E-state index >= 15 is 0 Å². The van der Waals surface area contributed by atoms with Gasteiger partial charge < -0.3 is 5.32 Å². The van der Waals surface area contributed by atoms with E-state index in [1.54, 1.807) is 30.3 Å². The molecule has 1 saturated carbocycles. The zero-order chi connectivity index (χ0) is 22.6. The summed E-state index contributed by atoms with van der Waals surface area (Å²) in [6, 6.07) is 16.9. The fourth-order valence-corrected chi connectivity index (χ4v) is 6.43. The molecule has 1 atom stereocenters. The summed E-state index contributed by atoms with van der Waals surface area (Å²) in [6.45, 7) is 0. The van der Waals surface area contributed by atoms with Gasteiger partial charge in [-0.3, -0.25) is 14.5 Å². The minimum atomic E-state index is -3.97. The summed E-state index contributed by atoms with van der Waals surface area (Å²) < 4.78 is 29.8. The molecule has 2 amide bonds. The largest absolute Gasteiger partial charge is 0.326 e. The van der Waals surface area contributed by atoms with Crippen molar-refractivity contribution >= 4 is 44.5 Å². The highest BCUT2D eigenvalue weighted by Crippen LogP contribution is 2.36. The van der Waals surface area contributed by atoms with E-state index in [1.165, 1.54) is 17.0 Å². The monoisotopic (exact) mass is 471 g/mol. The average Bonchev–Trinajstić information content (AvgIpc) is 3.09. The molecule has 4 rings (SSSR count). The predicted molar refractivity (Wildman–Crippen MR) is 126 cm³/mol. The van der Waals surface area contributed by atoms with E-state index in [0.29, 0.717) is 5.69 Å². The van der Waals surface area contributed by atoms with Crippen LogP contribution in [0.25, 0.3) is 0 Å². The summed E-state index contributed by atoms with van der Waals surface area (Å²) in [4.78, 5) is 27.4. The van der Waals surface area contributed by atoms with Crippen molar-refractivity contribution in [1.29, 1.82) is 0 Å². The molecule has 2 aromatic carbocycles. The van der Waals surface area contributed by atoms with Crippen molar-refractivity contribution in [3.05, 3.63) is 60.7 Å². The summed E-state index contributed by atoms with van der Waals surface area (Å²) in [6.07, 6.45) is 4.63. The number of rotatable bonds is 6. The summed E-state index contributed by atoms with van der Waals surface area (Å²) in [5.74, 6) is -0.537. The molecule has 2 aromatic rings. The Hall–Kier alpha value is -2.65. The number of amidine groups is 1. The van der Waals surface area contributed by atoms with Gasteiger partial charge in [-0.05, 0) is 37.1 Å². The molecule has 0 bridgehead atoms. The van der Waals surface area contributed by atoms with Gasteiger partial charge in [0.2, 0.25) is 11.8 Å². The smallest absolute Gasteiger partial charge is 0.284 e. The van der Waals surface area contributed by atoms with Gasteiger partial charge in [0.1, 0.15) is 5.25 Å². The van der Waals surface area contributed by atoms with Crippen LogP contribution in [0.2, 0.25) is 0 Å². The average molecular weight is 472 g/mol. The van der Waals surface area contributed by atoms with Crippen LogP contribution >= 0.6 is 11.8 Å². The van der Waals surface area contributed by atoms with Gasteiger partial charge in [0.25, 0.3) is 10.0 Å². The van der Waals surface area contributed by atoms with Gasteiger partial charge in [-0.1, -0.05) is 67.4 Å². The topological polar surface area (TPSA) is 95.9 Å². The Labute approximate surface area is 192 Å². The van der Waals surface area contributed by atoms with Crippen LogP contribution in [0.5, 0.6) is 0 Å². The normalized spacial score (nSPS) is 21.1. The highest BCUT2D eigenvalue weighted by Gasteiger charge is 2.43. The molecule has 9 heteroatoms. The molecule has 32 heavy (non-hydrogen) atoms. The molecule has 2 fully saturated rings. The molecule has 0 aromatic heterocycles. The lowest BCUT2D eigenvalue weighted by atomic mass is 9.94. The zero-order valence-electron chi connectivity index (χ0n) is 17.5. The van der Waals surface area contributed by atoms with E-state index in [-0.39, 0.29) is 34.3 Å². The van der Waals surface area contributed by atoms with Gasteiger partial charge in [-0.25, -0.2) is 0 Å². The molecule has 0 spiro atoms. The fourth-order valence-electron chi connectivity index (χ4n) is 4.00. The maximum Gasteiger partial charge on any atom is 0.284 e. The number of nitrogens with one attached hydrogen (secondary N) is 1. The first kappa shape index (κ1) is 22.5. The molecule has 168 valence electrons. The minimum Gasteiger partial charge on any atom is -0.326 e. The van der Waals surface area contributed by atoms with Crippen LogP contribution in [0.4, 0.5) is 5.69 Å². The minimum absolute atomic E-state index is 0.0496. The van der Waals surface area contributed by atoms with Crippen LogP contribution in [0.15, 0.2) is 70.0 Å². The van der Waals surface area contributed by atoms with Gasteiger partial charge in [0.15, 0.2) is 5.17 Å². The van der Waals surface area contributed by atoms with Gasteiger partial charge in [-0.2, -0.15) is 8.42 Å². The summed E-state index contributed by atoms with van der Waals surface area (Å²) in [7, 11) is -3.97. The molecule has 1 N–H and O–H groups in total. The third-order valence-corrected chi connectivity index (χ3v) is 8.12. The molecule has 2 aliphatic rings. The van der Waals surface area contributed by atoms with E-state index in [1.807, 2.05) is 18.2 Å². The molecule has 1 aliphatic carbocycles. The highest BCUT2D eigenvalue weighted by molar-refractivity contribution is 8.16. The molecule has 1 unspecified atom stereocenters. The summed E-state index contributed by atoms with van der Waals surface area (Å²) in [5.41, 5.74) is 0.651. The number of sulfonamides is 1. The number of benzene rings is 2. The van der Waals surface area contributed by atoms with Gasteiger partial charge in [-0.15, -0.1) is 4.40 Å². The van der Waals surface area contributed by atoms with Crippen LogP contribution in [-0.2, 0) is 19.6 Å². The molecule has 1 aliphatic heterocycles. The number of carbonyl (C=O) groups is 2. The number of anilines is 1. The maximum absolute atomic E-state index is 13.3. The van der Waals surface area contributed by atoms with Crippen LogP contribution in [0.3, 0.4) is 0 Å². The van der Waals surface area contributed by atoms with Crippen LogP contribution in [0.1, 0.15) is 38.5 Å². The second-order valence-electron chi connectivity index (χ2n) is 7.89. The van der Waals surface area contributed by atoms with Crippen LogP contribution in [-0.4, -0.2) is 41.6 Å². The number of carbonyl (C=O) groups excluding carboxylic acids is 2. The fraction of sp³-hybridized carbons (Fsp3) is 0.348. The first-order chi connectivity index (χ1) is 15.4. The van der Waals surface area contributed by atoms with Gasteiger partial charge in [0.05, 0.1) is 4.90 Å². The molecule has 0 radical (unpaired) electrons. The third kappa shape index (κ3) is 5.21. The highest BCUT2D eigenvalue weighted by atomic mass is 32.2. The van der Waals surface area contributed by atoms with Gasteiger partial charge in [0, 0.05) is 18.2 Å². The van der Waals surface area contributed by atoms with E-state index in [2.05, 4.69) is 9.71 Å². The Morgan fingerprint density at radius 2 is 1.62 bits per heavy atom. The van der Waals surface area contributed by atoms with Crippen molar-refractivity contribution in [3.63, 3.8) is 0 Å². The van der Waals surface area contributed by atoms with Crippen molar-refractivity contribution in [2.24, 2.45) is 4.40 Å². The van der Waals surface area contributed by atoms with Crippen molar-refractivity contribution in [2.75, 3.05) is 5.32 Å². The second kappa shape index (κ2) is 9.87. The SMILES string of the molecule is O=C(CC1SC(=NS(=O)(=O)c2ccccc2)N(C2CCCCC2)C1=O)Nc1ccccc1. The molecular formula is C23H25N3O4S2.